The molecule has 0 bridgehead atoms. The fraction of sp³-hybridized carbons (Fsp3) is 0.609. The SMILES string of the molecule is CCNC[C@H](C)NC.COCCCOc1cc(CN(C=O)C2CC2)cc2occc12. The predicted molar refractivity (Wildman–Crippen MR) is 120 cm³/mol. The van der Waals surface area contributed by atoms with Crippen molar-refractivity contribution >= 4 is 17.4 Å². The molecule has 0 spiro atoms. The highest BCUT2D eigenvalue weighted by Gasteiger charge is 2.28. The zero-order chi connectivity index (χ0) is 21.8. The molecule has 7 heteroatoms. The van der Waals surface area contributed by atoms with Gasteiger partial charge in [0, 0.05) is 45.3 Å². The van der Waals surface area contributed by atoms with Crippen molar-refractivity contribution in [3.63, 3.8) is 0 Å². The number of hydrogen-bond acceptors (Lipinski definition) is 6. The molecule has 3 rings (SSSR count). The van der Waals surface area contributed by atoms with Gasteiger partial charge in [-0.2, -0.15) is 0 Å². The lowest BCUT2D eigenvalue weighted by atomic mass is 10.1. The molecule has 0 unspecified atom stereocenters. The van der Waals surface area contributed by atoms with Crippen LogP contribution in [-0.2, 0) is 16.1 Å². The van der Waals surface area contributed by atoms with E-state index in [1.54, 1.807) is 13.4 Å². The van der Waals surface area contributed by atoms with Crippen LogP contribution in [0.1, 0.15) is 38.7 Å². The van der Waals surface area contributed by atoms with Crippen molar-refractivity contribution in [2.75, 3.05) is 40.5 Å². The highest BCUT2D eigenvalue weighted by molar-refractivity contribution is 5.84. The molecule has 7 nitrogen and oxygen atoms in total. The molecule has 1 aromatic carbocycles. The lowest BCUT2D eigenvalue weighted by molar-refractivity contribution is -0.119. The smallest absolute Gasteiger partial charge is 0.210 e. The molecule has 1 aliphatic rings. The molecule has 1 fully saturated rings. The average Bonchev–Trinajstić information content (AvgIpc) is 3.50. The van der Waals surface area contributed by atoms with Crippen molar-refractivity contribution < 1.29 is 18.7 Å². The van der Waals surface area contributed by atoms with Crippen LogP contribution in [0, 0.1) is 0 Å². The third-order valence-electron chi connectivity index (χ3n) is 5.05. The topological polar surface area (TPSA) is 76.0 Å². The Morgan fingerprint density at radius 1 is 1.33 bits per heavy atom. The van der Waals surface area contributed by atoms with Crippen LogP contribution in [-0.4, -0.2) is 63.9 Å². The second-order valence-corrected chi connectivity index (χ2v) is 7.63. The van der Waals surface area contributed by atoms with E-state index in [9.17, 15) is 4.79 Å². The van der Waals surface area contributed by atoms with E-state index in [1.165, 1.54) is 0 Å². The Hall–Kier alpha value is -2.09. The van der Waals surface area contributed by atoms with E-state index in [2.05, 4.69) is 24.5 Å². The number of amides is 1. The molecule has 1 aromatic heterocycles. The summed E-state index contributed by atoms with van der Waals surface area (Å²) in [5.41, 5.74) is 1.82. The van der Waals surface area contributed by atoms with Gasteiger partial charge in [-0.25, -0.2) is 0 Å². The minimum atomic E-state index is 0.399. The monoisotopic (exact) mass is 419 g/mol. The van der Waals surface area contributed by atoms with Crippen molar-refractivity contribution in [2.45, 2.75) is 51.7 Å². The number of hydrogen-bond donors (Lipinski definition) is 2. The standard InChI is InChI=1S/C17H21NO4.C6H16N2/c1-20-6-2-7-21-16-9-13(10-17-15(16)5-8-22-17)11-18(12-19)14-3-4-14;1-4-8-5-6(2)7-3/h5,8-10,12,14H,2-4,6-7,11H2,1H3;6-8H,4-5H2,1-3H3/t;6-/m.0/s1. The summed E-state index contributed by atoms with van der Waals surface area (Å²) < 4.78 is 16.4. The fourth-order valence-corrected chi connectivity index (χ4v) is 3.02. The number of benzene rings is 1. The van der Waals surface area contributed by atoms with Gasteiger partial charge in [0.15, 0.2) is 0 Å². The maximum atomic E-state index is 11.2. The second-order valence-electron chi connectivity index (χ2n) is 7.63. The summed E-state index contributed by atoms with van der Waals surface area (Å²) in [6.07, 6.45) is 5.63. The highest BCUT2D eigenvalue weighted by Crippen LogP contribution is 2.31. The van der Waals surface area contributed by atoms with E-state index in [0.29, 0.717) is 31.8 Å². The van der Waals surface area contributed by atoms with E-state index in [1.807, 2.05) is 30.1 Å². The third-order valence-corrected chi connectivity index (χ3v) is 5.05. The van der Waals surface area contributed by atoms with Gasteiger partial charge in [0.25, 0.3) is 0 Å². The molecular weight excluding hydrogens is 382 g/mol. The minimum absolute atomic E-state index is 0.399. The number of rotatable bonds is 13. The van der Waals surface area contributed by atoms with Crippen molar-refractivity contribution in [2.24, 2.45) is 0 Å². The number of furan rings is 1. The molecule has 1 atom stereocenters. The van der Waals surface area contributed by atoms with Gasteiger partial charge in [0.05, 0.1) is 18.3 Å². The molecule has 2 N–H and O–H groups in total. The van der Waals surface area contributed by atoms with Crippen molar-refractivity contribution in [3.05, 3.63) is 30.0 Å². The number of likely N-dealkylation sites (N-methyl/N-ethyl adjacent to an activating group) is 2. The Kier molecular flexibility index (Phi) is 10.7. The first kappa shape index (κ1) is 24.2. The Morgan fingerprint density at radius 2 is 2.13 bits per heavy atom. The van der Waals surface area contributed by atoms with Crippen molar-refractivity contribution in [1.29, 1.82) is 0 Å². The first-order valence-corrected chi connectivity index (χ1v) is 10.8. The Morgan fingerprint density at radius 3 is 2.77 bits per heavy atom. The quantitative estimate of drug-likeness (QED) is 0.384. The van der Waals surface area contributed by atoms with E-state index < -0.39 is 0 Å². The van der Waals surface area contributed by atoms with Crippen molar-refractivity contribution in [1.82, 2.24) is 15.5 Å². The summed E-state index contributed by atoms with van der Waals surface area (Å²) in [7, 11) is 3.66. The van der Waals surface area contributed by atoms with Crippen LogP contribution >= 0.6 is 0 Å². The molecule has 1 amide bonds. The van der Waals surface area contributed by atoms with E-state index in [4.69, 9.17) is 13.9 Å². The fourth-order valence-electron chi connectivity index (χ4n) is 3.02. The largest absolute Gasteiger partial charge is 0.493 e. The van der Waals surface area contributed by atoms with Gasteiger partial charge >= 0.3 is 0 Å². The maximum Gasteiger partial charge on any atom is 0.210 e. The molecule has 1 saturated carbocycles. The third kappa shape index (κ3) is 7.97. The number of fused-ring (bicyclic) bond motifs is 1. The Balaban J connectivity index is 0.000000343. The second kappa shape index (κ2) is 13.3. The van der Waals surface area contributed by atoms with Crippen LogP contribution in [0.2, 0.25) is 0 Å². The number of methoxy groups -OCH3 is 1. The zero-order valence-corrected chi connectivity index (χ0v) is 18.8. The van der Waals surface area contributed by atoms with E-state index in [-0.39, 0.29) is 0 Å². The first-order chi connectivity index (χ1) is 14.6. The van der Waals surface area contributed by atoms with Crippen LogP contribution in [0.5, 0.6) is 5.75 Å². The van der Waals surface area contributed by atoms with E-state index in [0.717, 1.165) is 61.0 Å². The van der Waals surface area contributed by atoms with Crippen LogP contribution in [0.25, 0.3) is 11.0 Å². The van der Waals surface area contributed by atoms with Crippen LogP contribution in [0.4, 0.5) is 0 Å². The lowest BCUT2D eigenvalue weighted by Gasteiger charge is -2.17. The molecule has 0 radical (unpaired) electrons. The molecule has 1 aliphatic carbocycles. The summed E-state index contributed by atoms with van der Waals surface area (Å²) in [6.45, 7) is 8.26. The zero-order valence-electron chi connectivity index (χ0n) is 18.8. The Labute approximate surface area is 180 Å². The van der Waals surface area contributed by atoms with Crippen molar-refractivity contribution in [3.8, 4) is 5.75 Å². The summed E-state index contributed by atoms with van der Waals surface area (Å²) >= 11 is 0. The van der Waals surface area contributed by atoms with Gasteiger partial charge in [-0.3, -0.25) is 4.79 Å². The normalized spacial score (nSPS) is 14.1. The molecule has 30 heavy (non-hydrogen) atoms. The molecule has 1 heterocycles. The summed E-state index contributed by atoms with van der Waals surface area (Å²) in [4.78, 5) is 13.0. The van der Waals surface area contributed by atoms with E-state index >= 15 is 0 Å². The summed E-state index contributed by atoms with van der Waals surface area (Å²) in [5, 5.41) is 7.34. The maximum absolute atomic E-state index is 11.2. The summed E-state index contributed by atoms with van der Waals surface area (Å²) in [5.74, 6) is 0.805. The average molecular weight is 420 g/mol. The van der Waals surface area contributed by atoms with Crippen LogP contribution < -0.4 is 15.4 Å². The molecular formula is C23H37N3O4. The predicted octanol–water partition coefficient (Wildman–Crippen LogP) is 3.17. The molecule has 168 valence electrons. The minimum Gasteiger partial charge on any atom is -0.493 e. The molecule has 0 aliphatic heterocycles. The highest BCUT2D eigenvalue weighted by atomic mass is 16.5. The molecule has 2 aromatic rings. The van der Waals surface area contributed by atoms with Gasteiger partial charge in [-0.1, -0.05) is 6.92 Å². The van der Waals surface area contributed by atoms with Gasteiger partial charge in [-0.05, 0) is 57.1 Å². The van der Waals surface area contributed by atoms with Crippen LogP contribution in [0.3, 0.4) is 0 Å². The lowest BCUT2D eigenvalue weighted by Crippen LogP contribution is -2.33. The molecule has 0 saturated heterocycles. The number of ether oxygens (including phenoxy) is 2. The number of nitrogens with zero attached hydrogens (tertiary/aromatic N) is 1. The van der Waals surface area contributed by atoms with Gasteiger partial charge in [0.1, 0.15) is 11.3 Å². The van der Waals surface area contributed by atoms with Crippen LogP contribution in [0.15, 0.2) is 28.9 Å². The van der Waals surface area contributed by atoms with Gasteiger partial charge in [-0.15, -0.1) is 0 Å². The first-order valence-electron chi connectivity index (χ1n) is 10.8. The summed E-state index contributed by atoms with van der Waals surface area (Å²) in [6, 6.07) is 6.88. The number of carbonyl (C=O) groups is 1. The van der Waals surface area contributed by atoms with Gasteiger partial charge < -0.3 is 29.4 Å². The number of carbonyl (C=O) groups excluding carboxylic acids is 1. The Bertz CT molecular complexity index is 745. The van der Waals surface area contributed by atoms with Gasteiger partial charge in [0.2, 0.25) is 6.41 Å². The number of nitrogens with one attached hydrogen (secondary N) is 2.